The van der Waals surface area contributed by atoms with Crippen molar-refractivity contribution in [3.05, 3.63) is 42.4 Å². The zero-order valence-corrected chi connectivity index (χ0v) is 10.9. The third-order valence-electron chi connectivity index (χ3n) is 3.37. The highest BCUT2D eigenvalue weighted by Crippen LogP contribution is 2.33. The number of nitrogens with zero attached hydrogens (tertiary/aromatic N) is 4. The minimum absolute atomic E-state index is 0.258. The molecule has 2 aromatic heterocycles. The van der Waals surface area contributed by atoms with E-state index in [-0.39, 0.29) is 6.04 Å². The monoisotopic (exact) mass is 256 g/mol. The average molecular weight is 256 g/mol. The number of methoxy groups -OCH3 is 1. The molecular weight excluding hydrogens is 240 g/mol. The van der Waals surface area contributed by atoms with Crippen LogP contribution < -0.4 is 9.64 Å². The van der Waals surface area contributed by atoms with Crippen molar-refractivity contribution in [2.24, 2.45) is 0 Å². The van der Waals surface area contributed by atoms with E-state index in [1.165, 1.54) is 0 Å². The molecule has 0 radical (unpaired) electrons. The van der Waals surface area contributed by atoms with Gasteiger partial charge < -0.3 is 9.64 Å². The molecule has 98 valence electrons. The van der Waals surface area contributed by atoms with Crippen LogP contribution in [0.25, 0.3) is 0 Å². The lowest BCUT2D eigenvalue weighted by Gasteiger charge is -2.24. The van der Waals surface area contributed by atoms with Gasteiger partial charge in [0.25, 0.3) is 0 Å². The third-order valence-corrected chi connectivity index (χ3v) is 3.37. The van der Waals surface area contributed by atoms with Gasteiger partial charge in [0.2, 0.25) is 11.8 Å². The van der Waals surface area contributed by atoms with E-state index in [4.69, 9.17) is 4.74 Å². The molecule has 1 aliphatic heterocycles. The van der Waals surface area contributed by atoms with Crippen LogP contribution in [0.3, 0.4) is 0 Å². The maximum atomic E-state index is 5.16. The predicted octanol–water partition coefficient (Wildman–Crippen LogP) is 2.22. The van der Waals surface area contributed by atoms with E-state index in [1.807, 2.05) is 18.3 Å². The quantitative estimate of drug-likeness (QED) is 0.842. The number of pyridine rings is 1. The Morgan fingerprint density at radius 2 is 2.16 bits per heavy atom. The Labute approximate surface area is 112 Å². The van der Waals surface area contributed by atoms with Crippen molar-refractivity contribution >= 4 is 5.95 Å². The minimum Gasteiger partial charge on any atom is -0.481 e. The van der Waals surface area contributed by atoms with Gasteiger partial charge in [0, 0.05) is 25.0 Å². The molecular formula is C14H16N4O. The molecule has 1 fully saturated rings. The van der Waals surface area contributed by atoms with Crippen molar-refractivity contribution < 1.29 is 4.74 Å². The molecule has 1 saturated heterocycles. The van der Waals surface area contributed by atoms with Crippen molar-refractivity contribution in [3.8, 4) is 5.88 Å². The highest BCUT2D eigenvalue weighted by molar-refractivity contribution is 5.37. The van der Waals surface area contributed by atoms with Crippen molar-refractivity contribution in [1.82, 2.24) is 15.0 Å². The first-order valence-corrected chi connectivity index (χ1v) is 6.43. The zero-order valence-electron chi connectivity index (χ0n) is 10.9. The minimum atomic E-state index is 0.258. The Hall–Kier alpha value is -2.17. The highest BCUT2D eigenvalue weighted by Gasteiger charge is 2.28. The molecule has 3 heterocycles. The fraction of sp³-hybridized carbons (Fsp3) is 0.357. The maximum Gasteiger partial charge on any atom is 0.229 e. The summed E-state index contributed by atoms with van der Waals surface area (Å²) in [6.07, 6.45) is 5.77. The van der Waals surface area contributed by atoms with Crippen molar-refractivity contribution in [2.45, 2.75) is 18.9 Å². The van der Waals surface area contributed by atoms with E-state index in [1.54, 1.807) is 19.4 Å². The molecule has 0 unspecified atom stereocenters. The fourth-order valence-corrected chi connectivity index (χ4v) is 2.47. The van der Waals surface area contributed by atoms with Crippen molar-refractivity contribution in [3.63, 3.8) is 0 Å². The normalized spacial score (nSPS) is 18.6. The van der Waals surface area contributed by atoms with Gasteiger partial charge in [-0.25, -0.2) is 4.98 Å². The second-order valence-corrected chi connectivity index (χ2v) is 4.51. The van der Waals surface area contributed by atoms with Gasteiger partial charge in [0.1, 0.15) is 0 Å². The summed E-state index contributed by atoms with van der Waals surface area (Å²) in [5, 5.41) is 0. The van der Waals surface area contributed by atoms with Crippen molar-refractivity contribution in [2.75, 3.05) is 18.6 Å². The zero-order chi connectivity index (χ0) is 13.1. The molecule has 3 rings (SSSR count). The molecule has 19 heavy (non-hydrogen) atoms. The fourth-order valence-electron chi connectivity index (χ4n) is 2.47. The number of hydrogen-bond donors (Lipinski definition) is 0. The number of ether oxygens (including phenoxy) is 1. The van der Waals surface area contributed by atoms with E-state index >= 15 is 0 Å². The second-order valence-electron chi connectivity index (χ2n) is 4.51. The third kappa shape index (κ3) is 2.36. The molecule has 1 atom stereocenters. The van der Waals surface area contributed by atoms with Gasteiger partial charge in [-0.15, -0.1) is 0 Å². The first-order chi connectivity index (χ1) is 9.38. The van der Waals surface area contributed by atoms with E-state index in [0.717, 1.165) is 25.1 Å². The van der Waals surface area contributed by atoms with E-state index in [0.29, 0.717) is 11.8 Å². The van der Waals surface area contributed by atoms with Gasteiger partial charge in [-0.2, -0.15) is 4.98 Å². The number of aromatic nitrogens is 3. The lowest BCUT2D eigenvalue weighted by molar-refractivity contribution is 0.396. The largest absolute Gasteiger partial charge is 0.481 e. The molecule has 2 aromatic rings. The summed E-state index contributed by atoms with van der Waals surface area (Å²) in [5.41, 5.74) is 1.08. The standard InChI is InChI=1S/C14H16N4O/c1-19-13-7-9-16-14(17-13)18-10-4-6-12(18)11-5-2-3-8-15-11/h2-3,5,7-9,12H,4,6,10H2,1H3/t12-/m0/s1. The SMILES string of the molecule is COc1ccnc(N2CCC[C@H]2c2ccccn2)n1. The molecule has 0 N–H and O–H groups in total. The number of anilines is 1. The lowest BCUT2D eigenvalue weighted by Crippen LogP contribution is -2.25. The van der Waals surface area contributed by atoms with E-state index in [2.05, 4.69) is 25.9 Å². The Morgan fingerprint density at radius 1 is 1.21 bits per heavy atom. The Bertz CT molecular complexity index is 546. The number of hydrogen-bond acceptors (Lipinski definition) is 5. The van der Waals surface area contributed by atoms with Gasteiger partial charge in [-0.3, -0.25) is 4.98 Å². The first kappa shape index (κ1) is 11.9. The van der Waals surface area contributed by atoms with Crippen LogP contribution in [-0.4, -0.2) is 28.6 Å². The summed E-state index contributed by atoms with van der Waals surface area (Å²) in [7, 11) is 1.62. The summed E-state index contributed by atoms with van der Waals surface area (Å²) < 4.78 is 5.16. The second kappa shape index (κ2) is 5.22. The molecule has 0 amide bonds. The van der Waals surface area contributed by atoms with Gasteiger partial charge in [-0.1, -0.05) is 6.07 Å². The van der Waals surface area contributed by atoms with Crippen molar-refractivity contribution in [1.29, 1.82) is 0 Å². The van der Waals surface area contributed by atoms with Crippen LogP contribution in [0.4, 0.5) is 5.95 Å². The van der Waals surface area contributed by atoms with Crippen LogP contribution in [0.15, 0.2) is 36.7 Å². The molecule has 0 aromatic carbocycles. The summed E-state index contributed by atoms with van der Waals surface area (Å²) in [6.45, 7) is 0.953. The summed E-state index contributed by atoms with van der Waals surface area (Å²) in [6, 6.07) is 8.03. The molecule has 0 spiro atoms. The molecule has 1 aliphatic rings. The molecule has 5 nitrogen and oxygen atoms in total. The molecule has 0 bridgehead atoms. The summed E-state index contributed by atoms with van der Waals surface area (Å²) in [5.74, 6) is 1.31. The van der Waals surface area contributed by atoms with E-state index < -0.39 is 0 Å². The highest BCUT2D eigenvalue weighted by atomic mass is 16.5. The first-order valence-electron chi connectivity index (χ1n) is 6.43. The van der Waals surface area contributed by atoms with Gasteiger partial charge >= 0.3 is 0 Å². The van der Waals surface area contributed by atoms with Crippen LogP contribution >= 0.6 is 0 Å². The van der Waals surface area contributed by atoms with Gasteiger partial charge in [0.15, 0.2) is 0 Å². The summed E-state index contributed by atoms with van der Waals surface area (Å²) in [4.78, 5) is 15.4. The molecule has 5 heteroatoms. The van der Waals surface area contributed by atoms with Gasteiger partial charge in [-0.05, 0) is 25.0 Å². The van der Waals surface area contributed by atoms with E-state index in [9.17, 15) is 0 Å². The van der Waals surface area contributed by atoms with Gasteiger partial charge in [0.05, 0.1) is 18.8 Å². The smallest absolute Gasteiger partial charge is 0.229 e. The maximum absolute atomic E-state index is 5.16. The Kier molecular flexibility index (Phi) is 3.27. The number of rotatable bonds is 3. The molecule has 0 saturated carbocycles. The predicted molar refractivity (Wildman–Crippen MR) is 72.1 cm³/mol. The molecule has 0 aliphatic carbocycles. The average Bonchev–Trinajstić information content (AvgIpc) is 2.98. The topological polar surface area (TPSA) is 51.1 Å². The van der Waals surface area contributed by atoms with Crippen LogP contribution in [0, 0.1) is 0 Å². The lowest BCUT2D eigenvalue weighted by atomic mass is 10.1. The van der Waals surface area contributed by atoms with Crippen LogP contribution in [0.5, 0.6) is 5.88 Å². The van der Waals surface area contributed by atoms with Crippen LogP contribution in [-0.2, 0) is 0 Å². The Balaban J connectivity index is 1.90. The Morgan fingerprint density at radius 3 is 2.95 bits per heavy atom. The van der Waals surface area contributed by atoms with Crippen LogP contribution in [0.2, 0.25) is 0 Å². The van der Waals surface area contributed by atoms with Crippen LogP contribution in [0.1, 0.15) is 24.6 Å². The summed E-state index contributed by atoms with van der Waals surface area (Å²) >= 11 is 0.